The van der Waals surface area contributed by atoms with Crippen LogP contribution in [0.15, 0.2) is 47.4 Å². The molecule has 0 N–H and O–H groups in total. The van der Waals surface area contributed by atoms with Crippen LogP contribution in [-0.4, -0.2) is 101 Å². The van der Waals surface area contributed by atoms with Gasteiger partial charge in [0.1, 0.15) is 11.7 Å². The zero-order valence-corrected chi connectivity index (χ0v) is 24.4. The lowest BCUT2D eigenvalue weighted by atomic mass is 9.80. The monoisotopic (exact) mass is 520 g/mol. The number of allylic oxidation sites excluding steroid dienone is 2. The molecule has 1 aromatic rings. The largest absolute Gasteiger partial charge is 0.379 e. The third-order valence-electron chi connectivity index (χ3n) is 9.28. The van der Waals surface area contributed by atoms with Gasteiger partial charge in [-0.15, -0.1) is 0 Å². The Kier molecular flexibility index (Phi) is 8.27. The molecule has 4 aliphatic rings. The molecule has 0 saturated carbocycles. The second-order valence-electron chi connectivity index (χ2n) is 11.9. The van der Waals surface area contributed by atoms with Crippen molar-refractivity contribution in [3.05, 3.63) is 53.6 Å². The molecule has 7 heteroatoms. The number of pyridine rings is 1. The average Bonchev–Trinajstić information content (AvgIpc) is 3.24. The van der Waals surface area contributed by atoms with E-state index in [-0.39, 0.29) is 11.6 Å². The molecule has 0 aromatic carbocycles. The minimum Gasteiger partial charge on any atom is -0.379 e. The first-order valence-electron chi connectivity index (χ1n) is 14.9. The van der Waals surface area contributed by atoms with E-state index in [2.05, 4.69) is 91.6 Å². The van der Waals surface area contributed by atoms with Crippen molar-refractivity contribution in [2.24, 2.45) is 4.99 Å². The summed E-state index contributed by atoms with van der Waals surface area (Å²) in [4.78, 5) is 20.6. The minimum absolute atomic E-state index is 0.117. The van der Waals surface area contributed by atoms with Gasteiger partial charge in [0.2, 0.25) is 0 Å². The van der Waals surface area contributed by atoms with Gasteiger partial charge < -0.3 is 19.4 Å². The van der Waals surface area contributed by atoms with E-state index >= 15 is 0 Å². The van der Waals surface area contributed by atoms with Crippen molar-refractivity contribution in [2.75, 3.05) is 53.0 Å². The van der Waals surface area contributed by atoms with Crippen LogP contribution in [0.25, 0.3) is 0 Å². The van der Waals surface area contributed by atoms with Crippen LogP contribution < -0.4 is 0 Å². The van der Waals surface area contributed by atoms with Crippen LogP contribution in [0.1, 0.15) is 77.1 Å². The summed E-state index contributed by atoms with van der Waals surface area (Å²) >= 11 is 0. The maximum absolute atomic E-state index is 6.23. The molecule has 4 aliphatic heterocycles. The molecule has 1 aromatic heterocycles. The Morgan fingerprint density at radius 2 is 1.92 bits per heavy atom. The summed E-state index contributed by atoms with van der Waals surface area (Å²) in [7, 11) is 2.31. The Labute approximate surface area is 230 Å². The second kappa shape index (κ2) is 11.5. The normalized spacial score (nSPS) is 30.6. The Balaban J connectivity index is 1.46. The van der Waals surface area contributed by atoms with Crippen LogP contribution in [0.5, 0.6) is 0 Å². The van der Waals surface area contributed by atoms with Crippen LogP contribution in [0, 0.1) is 0 Å². The quantitative estimate of drug-likeness (QED) is 0.497. The molecular formula is C31H48N6O. The summed E-state index contributed by atoms with van der Waals surface area (Å²) in [5, 5.41) is 0. The Morgan fingerprint density at radius 3 is 2.63 bits per heavy atom. The molecule has 38 heavy (non-hydrogen) atoms. The van der Waals surface area contributed by atoms with Gasteiger partial charge in [-0.1, -0.05) is 32.9 Å². The van der Waals surface area contributed by atoms with Gasteiger partial charge in [-0.3, -0.25) is 14.9 Å². The molecule has 4 atom stereocenters. The number of hydrogen-bond donors (Lipinski definition) is 0. The van der Waals surface area contributed by atoms with Gasteiger partial charge in [0.05, 0.1) is 29.9 Å². The molecule has 2 unspecified atom stereocenters. The fraction of sp³-hybridized carbons (Fsp3) is 0.677. The number of likely N-dealkylation sites (tertiary alicyclic amines) is 1. The number of ether oxygens (including phenoxy) is 1. The maximum Gasteiger partial charge on any atom is 0.130 e. The predicted octanol–water partition coefficient (Wildman–Crippen LogP) is 4.66. The second-order valence-corrected chi connectivity index (χ2v) is 11.9. The lowest BCUT2D eigenvalue weighted by Gasteiger charge is -2.50. The van der Waals surface area contributed by atoms with E-state index in [0.717, 1.165) is 51.4 Å². The molecule has 0 spiro atoms. The number of likely N-dealkylation sites (N-methyl/N-ethyl adjacent to an activating group) is 2. The number of rotatable bonds is 8. The van der Waals surface area contributed by atoms with Crippen molar-refractivity contribution in [2.45, 2.75) is 83.5 Å². The standard InChI is InChI=1S/C31H48N6O/c1-7-35-18-20-36(21-19-35)28-16-10-15-27-33-30(31(5,37(27)28)22-38-8-2)26-14-9-13-25(34(26)6)29-24(23(3)4)12-11-17-32-29/h10-12,15-17,23,25-26,30H,7-9,13-14,18-22H2,1-6H3/t25-,26+,30?,31?/m0/s1. The summed E-state index contributed by atoms with van der Waals surface area (Å²) in [5.74, 6) is 2.83. The van der Waals surface area contributed by atoms with Crippen LogP contribution in [0.4, 0.5) is 0 Å². The van der Waals surface area contributed by atoms with Crippen LogP contribution in [0.2, 0.25) is 0 Å². The van der Waals surface area contributed by atoms with E-state index in [1.54, 1.807) is 0 Å². The molecule has 0 aliphatic carbocycles. The third kappa shape index (κ3) is 4.93. The van der Waals surface area contributed by atoms with Crippen molar-refractivity contribution >= 4 is 5.84 Å². The topological polar surface area (TPSA) is 47.4 Å². The summed E-state index contributed by atoms with van der Waals surface area (Å²) in [6.07, 6.45) is 12.1. The van der Waals surface area contributed by atoms with E-state index in [1.807, 2.05) is 6.20 Å². The number of amidine groups is 1. The van der Waals surface area contributed by atoms with Crippen molar-refractivity contribution in [1.29, 1.82) is 0 Å². The molecule has 0 amide bonds. The van der Waals surface area contributed by atoms with Crippen LogP contribution in [0.3, 0.4) is 0 Å². The first kappa shape index (κ1) is 27.4. The third-order valence-corrected chi connectivity index (χ3v) is 9.28. The predicted molar refractivity (Wildman–Crippen MR) is 155 cm³/mol. The average molecular weight is 521 g/mol. The lowest BCUT2D eigenvalue weighted by molar-refractivity contribution is -0.00256. The molecule has 2 saturated heterocycles. The Morgan fingerprint density at radius 1 is 1.13 bits per heavy atom. The number of aliphatic imine (C=N–C) groups is 1. The van der Waals surface area contributed by atoms with Gasteiger partial charge in [0, 0.05) is 45.0 Å². The molecule has 0 radical (unpaired) electrons. The highest BCUT2D eigenvalue weighted by Crippen LogP contribution is 2.44. The molecule has 7 nitrogen and oxygen atoms in total. The van der Waals surface area contributed by atoms with Gasteiger partial charge in [0.25, 0.3) is 0 Å². The van der Waals surface area contributed by atoms with Gasteiger partial charge >= 0.3 is 0 Å². The smallest absolute Gasteiger partial charge is 0.130 e. The first-order valence-corrected chi connectivity index (χ1v) is 14.9. The Hall–Kier alpha value is -2.22. The Bertz CT molecular complexity index is 1060. The van der Waals surface area contributed by atoms with E-state index < -0.39 is 0 Å². The van der Waals surface area contributed by atoms with Crippen molar-refractivity contribution in [3.63, 3.8) is 0 Å². The van der Waals surface area contributed by atoms with Crippen LogP contribution in [-0.2, 0) is 4.74 Å². The number of piperidine rings is 1. The van der Waals surface area contributed by atoms with Gasteiger partial charge in [0.15, 0.2) is 0 Å². The fourth-order valence-electron chi connectivity index (χ4n) is 7.09. The highest BCUT2D eigenvalue weighted by atomic mass is 16.5. The minimum atomic E-state index is -0.254. The van der Waals surface area contributed by atoms with Crippen molar-refractivity contribution in [3.8, 4) is 0 Å². The SMILES string of the molecule is CCOCC1(C)C([C@H]2CCC[C@@H](c3ncccc3C(C)C)N2C)N=C2C=CC=C(N3CCN(CC)CC3)N21. The van der Waals surface area contributed by atoms with E-state index in [1.165, 1.54) is 23.5 Å². The van der Waals surface area contributed by atoms with Gasteiger partial charge in [-0.2, -0.15) is 0 Å². The summed E-state index contributed by atoms with van der Waals surface area (Å²) < 4.78 is 6.23. The number of piperazine rings is 1. The number of hydrogen-bond acceptors (Lipinski definition) is 7. The molecule has 208 valence electrons. The van der Waals surface area contributed by atoms with E-state index in [0.29, 0.717) is 31.2 Å². The van der Waals surface area contributed by atoms with Crippen molar-refractivity contribution < 1.29 is 4.74 Å². The van der Waals surface area contributed by atoms with Crippen LogP contribution >= 0.6 is 0 Å². The van der Waals surface area contributed by atoms with E-state index in [4.69, 9.17) is 14.7 Å². The zero-order chi connectivity index (χ0) is 26.9. The van der Waals surface area contributed by atoms with Gasteiger partial charge in [-0.25, -0.2) is 0 Å². The molecular weight excluding hydrogens is 472 g/mol. The number of aromatic nitrogens is 1. The molecule has 0 bridgehead atoms. The fourth-order valence-corrected chi connectivity index (χ4v) is 7.09. The zero-order valence-electron chi connectivity index (χ0n) is 24.4. The summed E-state index contributed by atoms with van der Waals surface area (Å²) in [5.41, 5.74) is 2.37. The molecule has 2 fully saturated rings. The molecule has 5 heterocycles. The number of nitrogens with zero attached hydrogens (tertiary/aromatic N) is 6. The highest BCUT2D eigenvalue weighted by molar-refractivity contribution is 5.98. The first-order chi connectivity index (χ1) is 18.4. The molecule has 5 rings (SSSR count). The maximum atomic E-state index is 6.23. The van der Waals surface area contributed by atoms with Crippen molar-refractivity contribution in [1.82, 2.24) is 24.6 Å². The lowest BCUT2D eigenvalue weighted by Crippen LogP contribution is -2.62. The summed E-state index contributed by atoms with van der Waals surface area (Å²) in [6.45, 7) is 18.1. The van der Waals surface area contributed by atoms with Gasteiger partial charge in [-0.05, 0) is 76.4 Å². The van der Waals surface area contributed by atoms with E-state index in [9.17, 15) is 0 Å². The number of fused-ring (bicyclic) bond motifs is 1. The highest BCUT2D eigenvalue weighted by Gasteiger charge is 2.54. The summed E-state index contributed by atoms with van der Waals surface area (Å²) in [6, 6.07) is 5.10.